The molecule has 0 bridgehead atoms. The number of hydrogen-bond acceptors (Lipinski definition) is 2. The molecule has 2 aliphatic heterocycles. The van der Waals surface area contributed by atoms with Crippen LogP contribution in [0.3, 0.4) is 0 Å². The molecule has 0 aliphatic carbocycles. The number of rotatable bonds is 8. The highest BCUT2D eigenvalue weighted by Gasteiger charge is 2.22. The molecule has 2 aliphatic rings. The number of hydrogen-bond donors (Lipinski definition) is 2. The van der Waals surface area contributed by atoms with Gasteiger partial charge in [-0.3, -0.25) is 0 Å². The van der Waals surface area contributed by atoms with E-state index in [1.807, 2.05) is 0 Å². The van der Waals surface area contributed by atoms with E-state index in [-0.39, 0.29) is 0 Å². The molecule has 2 rings (SSSR count). The van der Waals surface area contributed by atoms with Crippen LogP contribution in [0.15, 0.2) is 23.5 Å². The minimum absolute atomic E-state index is 0.622. The Balaban J connectivity index is 1.81. The Bertz CT molecular complexity index is 280. The molecule has 2 heteroatoms. The van der Waals surface area contributed by atoms with Crippen LogP contribution in [0.4, 0.5) is 0 Å². The Labute approximate surface area is 112 Å². The predicted molar refractivity (Wildman–Crippen MR) is 78.3 cm³/mol. The van der Waals surface area contributed by atoms with Crippen molar-refractivity contribution >= 4 is 0 Å². The maximum atomic E-state index is 3.57. The maximum absolute atomic E-state index is 3.57. The molecule has 0 saturated carbocycles. The summed E-state index contributed by atoms with van der Waals surface area (Å²) < 4.78 is 0. The van der Waals surface area contributed by atoms with Crippen LogP contribution < -0.4 is 10.6 Å². The molecule has 0 aromatic rings. The highest BCUT2D eigenvalue weighted by molar-refractivity contribution is 5.23. The fourth-order valence-corrected chi connectivity index (χ4v) is 2.99. The van der Waals surface area contributed by atoms with Crippen LogP contribution >= 0.6 is 0 Å². The summed E-state index contributed by atoms with van der Waals surface area (Å²) in [6.45, 7) is 4.55. The van der Waals surface area contributed by atoms with Gasteiger partial charge in [0, 0.05) is 30.4 Å². The zero-order valence-corrected chi connectivity index (χ0v) is 11.8. The number of nitrogens with one attached hydrogen (secondary N) is 2. The highest BCUT2D eigenvalue weighted by Crippen LogP contribution is 2.28. The SMILES string of the molecule is CCCCCCCC(C1=CCCN1)C1=CCCN1. The normalized spacial score (nSPS) is 18.6. The quantitative estimate of drug-likeness (QED) is 0.640. The summed E-state index contributed by atoms with van der Waals surface area (Å²) in [7, 11) is 0. The zero-order chi connectivity index (χ0) is 12.6. The van der Waals surface area contributed by atoms with E-state index in [1.165, 1.54) is 62.8 Å². The Hall–Kier alpha value is -0.920. The van der Waals surface area contributed by atoms with E-state index in [1.54, 1.807) is 0 Å². The monoisotopic (exact) mass is 248 g/mol. The Morgan fingerprint density at radius 2 is 1.56 bits per heavy atom. The predicted octanol–water partition coefficient (Wildman–Crippen LogP) is 3.72. The van der Waals surface area contributed by atoms with Gasteiger partial charge in [-0.25, -0.2) is 0 Å². The van der Waals surface area contributed by atoms with E-state index < -0.39 is 0 Å². The van der Waals surface area contributed by atoms with Crippen molar-refractivity contribution in [3.63, 3.8) is 0 Å². The molecule has 0 fully saturated rings. The lowest BCUT2D eigenvalue weighted by Gasteiger charge is -2.21. The van der Waals surface area contributed by atoms with Crippen molar-refractivity contribution in [2.45, 2.75) is 58.3 Å². The van der Waals surface area contributed by atoms with Gasteiger partial charge in [-0.05, 0) is 19.3 Å². The molecule has 0 radical (unpaired) electrons. The molecule has 18 heavy (non-hydrogen) atoms. The third-order valence-corrected chi connectivity index (χ3v) is 4.02. The lowest BCUT2D eigenvalue weighted by atomic mass is 9.94. The van der Waals surface area contributed by atoms with Crippen molar-refractivity contribution < 1.29 is 0 Å². The van der Waals surface area contributed by atoms with Crippen molar-refractivity contribution in [2.75, 3.05) is 13.1 Å². The molecular formula is C16H28N2. The molecule has 2 nitrogen and oxygen atoms in total. The molecule has 2 N–H and O–H groups in total. The van der Waals surface area contributed by atoms with Gasteiger partial charge in [0.2, 0.25) is 0 Å². The smallest absolute Gasteiger partial charge is 0.0378 e. The van der Waals surface area contributed by atoms with Crippen LogP contribution in [0.5, 0.6) is 0 Å². The first-order valence-electron chi connectivity index (χ1n) is 7.79. The summed E-state index contributed by atoms with van der Waals surface area (Å²) in [5.41, 5.74) is 2.96. The van der Waals surface area contributed by atoms with Crippen molar-refractivity contribution in [2.24, 2.45) is 5.92 Å². The Morgan fingerprint density at radius 1 is 0.944 bits per heavy atom. The van der Waals surface area contributed by atoms with Gasteiger partial charge < -0.3 is 10.6 Å². The summed E-state index contributed by atoms with van der Waals surface area (Å²) in [4.78, 5) is 0. The van der Waals surface area contributed by atoms with E-state index in [2.05, 4.69) is 29.7 Å². The van der Waals surface area contributed by atoms with Crippen LogP contribution in [0.1, 0.15) is 58.3 Å². The molecule has 0 aromatic carbocycles. The zero-order valence-electron chi connectivity index (χ0n) is 11.8. The summed E-state index contributed by atoms with van der Waals surface area (Å²) in [6.07, 6.45) is 15.4. The largest absolute Gasteiger partial charge is 0.388 e. The van der Waals surface area contributed by atoms with Crippen molar-refractivity contribution in [3.05, 3.63) is 23.5 Å². The first-order valence-corrected chi connectivity index (χ1v) is 7.79. The Morgan fingerprint density at radius 3 is 2.06 bits per heavy atom. The van der Waals surface area contributed by atoms with Crippen LogP contribution in [0, 0.1) is 5.92 Å². The third-order valence-electron chi connectivity index (χ3n) is 4.02. The summed E-state index contributed by atoms with van der Waals surface area (Å²) in [5, 5.41) is 7.13. The second-order valence-electron chi connectivity index (χ2n) is 5.51. The van der Waals surface area contributed by atoms with Gasteiger partial charge in [0.05, 0.1) is 0 Å². The first kappa shape index (κ1) is 13.5. The fraction of sp³-hybridized carbons (Fsp3) is 0.750. The van der Waals surface area contributed by atoms with E-state index in [9.17, 15) is 0 Å². The van der Waals surface area contributed by atoms with Gasteiger partial charge in [0.25, 0.3) is 0 Å². The average molecular weight is 248 g/mol. The standard InChI is InChI=1S/C16H28N2/c1-2-3-4-5-6-9-14(15-10-7-12-17-15)16-11-8-13-18-16/h10-11,14,17-18H,2-9,12-13H2,1H3. The van der Waals surface area contributed by atoms with E-state index in [0.717, 1.165) is 13.1 Å². The number of unbranched alkanes of at least 4 members (excludes halogenated alkanes) is 4. The van der Waals surface area contributed by atoms with Gasteiger partial charge in [-0.15, -0.1) is 0 Å². The van der Waals surface area contributed by atoms with Gasteiger partial charge in [-0.2, -0.15) is 0 Å². The van der Waals surface area contributed by atoms with Crippen LogP contribution in [-0.2, 0) is 0 Å². The highest BCUT2D eigenvalue weighted by atomic mass is 15.0. The topological polar surface area (TPSA) is 24.1 Å². The average Bonchev–Trinajstić information content (AvgIpc) is 3.06. The summed E-state index contributed by atoms with van der Waals surface area (Å²) in [6, 6.07) is 0. The van der Waals surface area contributed by atoms with E-state index in [4.69, 9.17) is 0 Å². The second kappa shape index (κ2) is 7.50. The summed E-state index contributed by atoms with van der Waals surface area (Å²) >= 11 is 0. The third kappa shape index (κ3) is 3.79. The molecule has 0 unspecified atom stereocenters. The minimum Gasteiger partial charge on any atom is -0.388 e. The maximum Gasteiger partial charge on any atom is 0.0378 e. The minimum atomic E-state index is 0.622. The molecular weight excluding hydrogens is 220 g/mol. The van der Waals surface area contributed by atoms with Crippen LogP contribution in [0.2, 0.25) is 0 Å². The van der Waals surface area contributed by atoms with Gasteiger partial charge in [-0.1, -0.05) is 51.2 Å². The molecule has 0 atom stereocenters. The van der Waals surface area contributed by atoms with Crippen molar-refractivity contribution in [1.82, 2.24) is 10.6 Å². The van der Waals surface area contributed by atoms with E-state index in [0.29, 0.717) is 5.92 Å². The second-order valence-corrected chi connectivity index (χ2v) is 5.51. The fourth-order valence-electron chi connectivity index (χ4n) is 2.99. The summed E-state index contributed by atoms with van der Waals surface area (Å²) in [5.74, 6) is 0.622. The van der Waals surface area contributed by atoms with Crippen LogP contribution in [-0.4, -0.2) is 13.1 Å². The van der Waals surface area contributed by atoms with Crippen molar-refractivity contribution in [3.8, 4) is 0 Å². The molecule has 102 valence electrons. The molecule has 0 aromatic heterocycles. The molecule has 0 amide bonds. The van der Waals surface area contributed by atoms with Gasteiger partial charge >= 0.3 is 0 Å². The molecule has 0 saturated heterocycles. The van der Waals surface area contributed by atoms with Gasteiger partial charge in [0.15, 0.2) is 0 Å². The first-order chi connectivity index (χ1) is 8.92. The van der Waals surface area contributed by atoms with Crippen LogP contribution in [0.25, 0.3) is 0 Å². The molecule has 0 spiro atoms. The molecule has 2 heterocycles. The Kier molecular flexibility index (Phi) is 5.63. The van der Waals surface area contributed by atoms with E-state index >= 15 is 0 Å². The van der Waals surface area contributed by atoms with Gasteiger partial charge in [0.1, 0.15) is 0 Å². The lowest BCUT2D eigenvalue weighted by molar-refractivity contribution is 0.518. The lowest BCUT2D eigenvalue weighted by Crippen LogP contribution is -2.23. The van der Waals surface area contributed by atoms with Crippen molar-refractivity contribution in [1.29, 1.82) is 0 Å².